The molecule has 1 aliphatic heterocycles. The maximum atomic E-state index is 12.9. The second-order valence-corrected chi connectivity index (χ2v) is 7.11. The zero-order valence-electron chi connectivity index (χ0n) is 14.1. The average Bonchev–Trinajstić information content (AvgIpc) is 3.06. The van der Waals surface area contributed by atoms with Crippen molar-refractivity contribution in [3.05, 3.63) is 47.0 Å². The van der Waals surface area contributed by atoms with Crippen molar-refractivity contribution in [2.75, 3.05) is 38.2 Å². The second kappa shape index (κ2) is 7.88. The predicted octanol–water partition coefficient (Wildman–Crippen LogP) is 2.36. The molecule has 0 radical (unpaired) electrons. The highest BCUT2D eigenvalue weighted by Gasteiger charge is 2.26. The third-order valence-electron chi connectivity index (χ3n) is 4.12. The van der Waals surface area contributed by atoms with Gasteiger partial charge in [0.25, 0.3) is 0 Å². The van der Waals surface area contributed by atoms with E-state index in [9.17, 15) is 4.79 Å². The minimum absolute atomic E-state index is 0.0223. The summed E-state index contributed by atoms with van der Waals surface area (Å²) in [6, 6.07) is 8.09. The Morgan fingerprint density at radius 1 is 1.50 bits per heavy atom. The van der Waals surface area contributed by atoms with Gasteiger partial charge in [0.15, 0.2) is 5.13 Å². The molecule has 1 aromatic carbocycles. The molecule has 0 aliphatic carbocycles. The van der Waals surface area contributed by atoms with Crippen molar-refractivity contribution in [3.8, 4) is 0 Å². The van der Waals surface area contributed by atoms with Gasteiger partial charge < -0.3 is 9.64 Å². The number of amides is 1. The molecule has 0 unspecified atom stereocenters. The van der Waals surface area contributed by atoms with Gasteiger partial charge in [-0.25, -0.2) is 4.98 Å². The van der Waals surface area contributed by atoms with Crippen LogP contribution < -0.4 is 4.90 Å². The summed E-state index contributed by atoms with van der Waals surface area (Å²) in [5.74, 6) is 0.0624. The molecule has 1 aliphatic rings. The van der Waals surface area contributed by atoms with Crippen molar-refractivity contribution >= 4 is 22.4 Å². The first kappa shape index (κ1) is 17.1. The predicted molar refractivity (Wildman–Crippen MR) is 96.6 cm³/mol. The SMILES string of the molecule is Cc1cccc(CC(=O)N(C[C@H]2CN(C)CCO2)c2nccs2)c1. The molecule has 5 nitrogen and oxygen atoms in total. The number of likely N-dealkylation sites (N-methyl/N-ethyl adjacent to an activating group) is 1. The number of aryl methyl sites for hydroxylation is 1. The van der Waals surface area contributed by atoms with Gasteiger partial charge in [0.1, 0.15) is 0 Å². The van der Waals surface area contributed by atoms with Gasteiger partial charge in [0.2, 0.25) is 5.91 Å². The van der Waals surface area contributed by atoms with E-state index in [2.05, 4.69) is 23.0 Å². The van der Waals surface area contributed by atoms with E-state index >= 15 is 0 Å². The van der Waals surface area contributed by atoms with Crippen LogP contribution in [0.15, 0.2) is 35.8 Å². The van der Waals surface area contributed by atoms with Gasteiger partial charge in [-0.2, -0.15) is 0 Å². The summed E-state index contributed by atoms with van der Waals surface area (Å²) in [7, 11) is 2.08. The molecule has 1 aromatic heterocycles. The van der Waals surface area contributed by atoms with Crippen molar-refractivity contribution in [1.82, 2.24) is 9.88 Å². The molecule has 1 amide bonds. The van der Waals surface area contributed by atoms with Crippen molar-refractivity contribution in [1.29, 1.82) is 0 Å². The van der Waals surface area contributed by atoms with Gasteiger partial charge in [0.05, 0.1) is 25.7 Å². The Labute approximate surface area is 146 Å². The lowest BCUT2D eigenvalue weighted by atomic mass is 10.1. The first-order valence-corrected chi connectivity index (χ1v) is 9.05. The number of hydrogen-bond acceptors (Lipinski definition) is 5. The van der Waals surface area contributed by atoms with Crippen LogP contribution in [0.4, 0.5) is 5.13 Å². The fourth-order valence-electron chi connectivity index (χ4n) is 2.91. The number of morpholine rings is 1. The molecule has 1 atom stereocenters. The highest BCUT2D eigenvalue weighted by molar-refractivity contribution is 7.13. The molecule has 0 saturated carbocycles. The second-order valence-electron chi connectivity index (χ2n) is 6.24. The van der Waals surface area contributed by atoms with Crippen molar-refractivity contribution < 1.29 is 9.53 Å². The van der Waals surface area contributed by atoms with Crippen LogP contribution in [0, 0.1) is 6.92 Å². The molecule has 0 bridgehead atoms. The Bertz CT molecular complexity index is 675. The maximum Gasteiger partial charge on any atom is 0.233 e. The monoisotopic (exact) mass is 345 g/mol. The van der Waals surface area contributed by atoms with Crippen LogP contribution in [0.3, 0.4) is 0 Å². The number of benzene rings is 1. The lowest BCUT2D eigenvalue weighted by molar-refractivity contribution is -0.118. The molecule has 2 heterocycles. The van der Waals surface area contributed by atoms with Gasteiger partial charge >= 0.3 is 0 Å². The Hall–Kier alpha value is -1.76. The maximum absolute atomic E-state index is 12.9. The number of ether oxygens (including phenoxy) is 1. The van der Waals surface area contributed by atoms with Gasteiger partial charge in [-0.15, -0.1) is 11.3 Å². The molecule has 2 aromatic rings. The minimum Gasteiger partial charge on any atom is -0.374 e. The molecule has 3 rings (SSSR count). The van der Waals surface area contributed by atoms with E-state index in [1.54, 1.807) is 11.1 Å². The lowest BCUT2D eigenvalue weighted by Crippen LogP contribution is -2.48. The van der Waals surface area contributed by atoms with Gasteiger partial charge in [-0.3, -0.25) is 9.69 Å². The zero-order chi connectivity index (χ0) is 16.9. The van der Waals surface area contributed by atoms with Crippen LogP contribution in [-0.2, 0) is 16.0 Å². The first-order chi connectivity index (χ1) is 11.6. The van der Waals surface area contributed by atoms with Crippen LogP contribution in [-0.4, -0.2) is 55.2 Å². The molecule has 1 fully saturated rings. The first-order valence-electron chi connectivity index (χ1n) is 8.17. The number of thiazole rings is 1. The Kier molecular flexibility index (Phi) is 5.60. The van der Waals surface area contributed by atoms with E-state index in [-0.39, 0.29) is 12.0 Å². The van der Waals surface area contributed by atoms with Crippen LogP contribution in [0.2, 0.25) is 0 Å². The third-order valence-corrected chi connectivity index (χ3v) is 4.91. The number of carbonyl (C=O) groups excluding carboxylic acids is 1. The summed E-state index contributed by atoms with van der Waals surface area (Å²) >= 11 is 1.49. The van der Waals surface area contributed by atoms with Gasteiger partial charge in [-0.1, -0.05) is 29.8 Å². The number of carbonyl (C=O) groups is 1. The molecule has 6 heteroatoms. The zero-order valence-corrected chi connectivity index (χ0v) is 15.0. The number of nitrogens with zero attached hydrogens (tertiary/aromatic N) is 3. The van der Waals surface area contributed by atoms with Crippen molar-refractivity contribution in [3.63, 3.8) is 0 Å². The van der Waals surface area contributed by atoms with E-state index < -0.39 is 0 Å². The summed E-state index contributed by atoms with van der Waals surface area (Å²) in [6.45, 7) is 5.06. The fraction of sp³-hybridized carbons (Fsp3) is 0.444. The molecule has 0 spiro atoms. The summed E-state index contributed by atoms with van der Waals surface area (Å²) in [6.07, 6.45) is 2.14. The Balaban J connectivity index is 1.73. The van der Waals surface area contributed by atoms with E-state index in [4.69, 9.17) is 4.74 Å². The summed E-state index contributed by atoms with van der Waals surface area (Å²) in [5.41, 5.74) is 2.20. The normalized spacial score (nSPS) is 18.5. The van der Waals surface area contributed by atoms with E-state index in [1.165, 1.54) is 16.9 Å². The Morgan fingerprint density at radius 3 is 3.08 bits per heavy atom. The van der Waals surface area contributed by atoms with Gasteiger partial charge in [0, 0.05) is 24.7 Å². The smallest absolute Gasteiger partial charge is 0.233 e. The highest BCUT2D eigenvalue weighted by Crippen LogP contribution is 2.20. The highest BCUT2D eigenvalue weighted by atomic mass is 32.1. The Morgan fingerprint density at radius 2 is 2.38 bits per heavy atom. The number of aromatic nitrogens is 1. The standard InChI is InChI=1S/C18H23N3O2S/c1-14-4-3-5-15(10-14)11-17(22)21(18-19-6-9-24-18)13-16-12-20(2)7-8-23-16/h3-6,9-10,16H,7-8,11-13H2,1-2H3/t16-/m1/s1. The quantitative estimate of drug-likeness (QED) is 0.835. The third kappa shape index (κ3) is 4.41. The summed E-state index contributed by atoms with van der Waals surface area (Å²) in [5, 5.41) is 2.64. The van der Waals surface area contributed by atoms with Crippen LogP contribution >= 0.6 is 11.3 Å². The van der Waals surface area contributed by atoms with E-state index in [1.807, 2.05) is 30.5 Å². The molecule has 128 valence electrons. The van der Waals surface area contributed by atoms with E-state index in [0.717, 1.165) is 23.8 Å². The van der Waals surface area contributed by atoms with Crippen molar-refractivity contribution in [2.24, 2.45) is 0 Å². The molecule has 0 N–H and O–H groups in total. The lowest BCUT2D eigenvalue weighted by Gasteiger charge is -2.33. The average molecular weight is 345 g/mol. The molecule has 1 saturated heterocycles. The summed E-state index contributed by atoms with van der Waals surface area (Å²) < 4.78 is 5.84. The van der Waals surface area contributed by atoms with Crippen molar-refractivity contribution in [2.45, 2.75) is 19.4 Å². The largest absolute Gasteiger partial charge is 0.374 e. The van der Waals surface area contributed by atoms with E-state index in [0.29, 0.717) is 19.6 Å². The van der Waals surface area contributed by atoms with Gasteiger partial charge in [-0.05, 0) is 19.5 Å². The molecule has 24 heavy (non-hydrogen) atoms. The summed E-state index contributed by atoms with van der Waals surface area (Å²) in [4.78, 5) is 21.2. The topological polar surface area (TPSA) is 45.7 Å². The fourth-order valence-corrected chi connectivity index (χ4v) is 3.58. The van der Waals surface area contributed by atoms with Crippen LogP contribution in [0.1, 0.15) is 11.1 Å². The minimum atomic E-state index is 0.0223. The number of hydrogen-bond donors (Lipinski definition) is 0. The molecular formula is C18H23N3O2S. The molecular weight excluding hydrogens is 322 g/mol. The van der Waals surface area contributed by atoms with Crippen LogP contribution in [0.5, 0.6) is 0 Å². The number of anilines is 1. The van der Waals surface area contributed by atoms with Crippen LogP contribution in [0.25, 0.3) is 0 Å². The number of rotatable bonds is 5.